The smallest absolute Gasteiger partial charge is 0.328 e. The lowest BCUT2D eigenvalue weighted by Gasteiger charge is -2.17. The fourth-order valence-electron chi connectivity index (χ4n) is 1.84. The van der Waals surface area contributed by atoms with Crippen molar-refractivity contribution in [1.29, 1.82) is 0 Å². The highest BCUT2D eigenvalue weighted by molar-refractivity contribution is 9.10. The molecule has 0 bridgehead atoms. The summed E-state index contributed by atoms with van der Waals surface area (Å²) in [5.41, 5.74) is 0.266. The van der Waals surface area contributed by atoms with Crippen LogP contribution in [-0.2, 0) is 19.1 Å². The van der Waals surface area contributed by atoms with Gasteiger partial charge in [0.2, 0.25) is 0 Å². The number of halogens is 1. The molecule has 0 aromatic heterocycles. The first-order valence-corrected chi connectivity index (χ1v) is 7.51. The maximum absolute atomic E-state index is 12.4. The number of carbonyl (C=O) groups is 3. The zero-order valence-electron chi connectivity index (χ0n) is 13.1. The summed E-state index contributed by atoms with van der Waals surface area (Å²) < 4.78 is 15.1. The number of nitrogens with one attached hydrogen (secondary N) is 1. The molecular weight excluding hydrogens is 370 g/mol. The Kier molecular flexibility index (Phi) is 7.53. The van der Waals surface area contributed by atoms with E-state index < -0.39 is 23.9 Å². The zero-order valence-corrected chi connectivity index (χ0v) is 14.6. The highest BCUT2D eigenvalue weighted by Gasteiger charge is 2.24. The summed E-state index contributed by atoms with van der Waals surface area (Å²) in [5, 5.41) is 2.54. The second-order valence-corrected chi connectivity index (χ2v) is 5.42. The minimum Gasteiger partial charge on any atom is -0.496 e. The molecule has 0 fully saturated rings. The largest absolute Gasteiger partial charge is 0.496 e. The van der Waals surface area contributed by atoms with Gasteiger partial charge in [-0.1, -0.05) is 15.9 Å². The maximum Gasteiger partial charge on any atom is 0.328 e. The summed E-state index contributed by atoms with van der Waals surface area (Å²) in [5.74, 6) is -1.27. The fourth-order valence-corrected chi connectivity index (χ4v) is 2.18. The van der Waals surface area contributed by atoms with Crippen molar-refractivity contribution in [2.75, 3.05) is 21.3 Å². The lowest BCUT2D eigenvalue weighted by atomic mass is 10.1. The summed E-state index contributed by atoms with van der Waals surface area (Å²) in [6.07, 6.45) is 0.0535. The summed E-state index contributed by atoms with van der Waals surface area (Å²) >= 11 is 3.28. The number of amides is 1. The van der Waals surface area contributed by atoms with E-state index in [0.717, 1.165) is 4.47 Å². The summed E-state index contributed by atoms with van der Waals surface area (Å²) in [4.78, 5) is 35.3. The Labute approximate surface area is 142 Å². The number of esters is 2. The third-order valence-electron chi connectivity index (χ3n) is 3.06. The van der Waals surface area contributed by atoms with Crippen LogP contribution in [0.2, 0.25) is 0 Å². The van der Waals surface area contributed by atoms with E-state index in [9.17, 15) is 14.4 Å². The van der Waals surface area contributed by atoms with Crippen LogP contribution in [0.5, 0.6) is 5.75 Å². The van der Waals surface area contributed by atoms with Gasteiger partial charge in [0.15, 0.2) is 0 Å². The van der Waals surface area contributed by atoms with Crippen LogP contribution in [0.15, 0.2) is 22.7 Å². The number of methoxy groups -OCH3 is 3. The molecule has 1 rings (SSSR count). The van der Waals surface area contributed by atoms with Crippen molar-refractivity contribution in [2.45, 2.75) is 18.9 Å². The lowest BCUT2D eigenvalue weighted by molar-refractivity contribution is -0.144. The van der Waals surface area contributed by atoms with Crippen molar-refractivity contribution in [3.05, 3.63) is 28.2 Å². The van der Waals surface area contributed by atoms with Gasteiger partial charge in [-0.2, -0.15) is 0 Å². The Morgan fingerprint density at radius 3 is 2.43 bits per heavy atom. The molecule has 1 atom stereocenters. The highest BCUT2D eigenvalue weighted by atomic mass is 79.9. The van der Waals surface area contributed by atoms with Crippen LogP contribution in [0.25, 0.3) is 0 Å². The van der Waals surface area contributed by atoms with Crippen molar-refractivity contribution in [3.8, 4) is 5.75 Å². The molecule has 1 aromatic carbocycles. The minimum atomic E-state index is -0.958. The fraction of sp³-hybridized carbons (Fsp3) is 0.400. The van der Waals surface area contributed by atoms with Gasteiger partial charge in [0.05, 0.1) is 26.9 Å². The van der Waals surface area contributed by atoms with Gasteiger partial charge in [-0.3, -0.25) is 9.59 Å². The number of hydrogen-bond donors (Lipinski definition) is 1. The summed E-state index contributed by atoms with van der Waals surface area (Å²) in [6, 6.07) is 3.92. The molecule has 0 aliphatic carbocycles. The van der Waals surface area contributed by atoms with Crippen molar-refractivity contribution in [1.82, 2.24) is 5.32 Å². The van der Waals surface area contributed by atoms with Gasteiger partial charge in [0.25, 0.3) is 5.91 Å². The van der Waals surface area contributed by atoms with Crippen LogP contribution >= 0.6 is 15.9 Å². The van der Waals surface area contributed by atoms with Gasteiger partial charge >= 0.3 is 11.9 Å². The second kappa shape index (κ2) is 9.14. The predicted molar refractivity (Wildman–Crippen MR) is 85.2 cm³/mol. The van der Waals surface area contributed by atoms with Gasteiger partial charge in [0, 0.05) is 10.9 Å². The van der Waals surface area contributed by atoms with E-state index in [1.54, 1.807) is 18.2 Å². The van der Waals surface area contributed by atoms with Crippen molar-refractivity contribution < 1.29 is 28.6 Å². The third-order valence-corrected chi connectivity index (χ3v) is 3.56. The van der Waals surface area contributed by atoms with Crippen molar-refractivity contribution >= 4 is 33.8 Å². The highest BCUT2D eigenvalue weighted by Crippen LogP contribution is 2.23. The molecule has 0 heterocycles. The van der Waals surface area contributed by atoms with Crippen molar-refractivity contribution in [3.63, 3.8) is 0 Å². The molecule has 0 saturated carbocycles. The van der Waals surface area contributed by atoms with Crippen LogP contribution in [0.1, 0.15) is 23.2 Å². The molecular formula is C15H18BrNO6. The Hall–Kier alpha value is -2.09. The van der Waals surface area contributed by atoms with E-state index >= 15 is 0 Å². The van der Waals surface area contributed by atoms with Gasteiger partial charge in [-0.25, -0.2) is 4.79 Å². The molecule has 0 spiro atoms. The molecule has 1 aromatic rings. The molecule has 7 nitrogen and oxygen atoms in total. The van der Waals surface area contributed by atoms with Crippen LogP contribution in [0.4, 0.5) is 0 Å². The Morgan fingerprint density at radius 2 is 1.87 bits per heavy atom. The van der Waals surface area contributed by atoms with Crippen molar-refractivity contribution in [2.24, 2.45) is 0 Å². The zero-order chi connectivity index (χ0) is 17.4. The van der Waals surface area contributed by atoms with E-state index in [-0.39, 0.29) is 18.4 Å². The van der Waals surface area contributed by atoms with Crippen LogP contribution in [-0.4, -0.2) is 45.2 Å². The average molecular weight is 388 g/mol. The Morgan fingerprint density at radius 1 is 1.17 bits per heavy atom. The molecule has 0 saturated heterocycles. The van der Waals surface area contributed by atoms with Crippen LogP contribution in [0.3, 0.4) is 0 Å². The number of hydrogen-bond acceptors (Lipinski definition) is 6. The van der Waals surface area contributed by atoms with E-state index in [0.29, 0.717) is 5.75 Å². The van der Waals surface area contributed by atoms with Gasteiger partial charge in [-0.15, -0.1) is 0 Å². The first kappa shape index (κ1) is 19.0. The normalized spacial score (nSPS) is 11.3. The van der Waals surface area contributed by atoms with E-state index in [4.69, 9.17) is 4.74 Å². The van der Waals surface area contributed by atoms with Crippen LogP contribution < -0.4 is 10.1 Å². The standard InChI is InChI=1S/C15H18BrNO6/c1-21-12-8-9(16)4-5-10(12)14(19)17-11(15(20)23-3)6-7-13(18)22-2/h4-5,8,11H,6-7H2,1-3H3,(H,17,19)/t11-/m0/s1. The SMILES string of the molecule is COC(=O)CC[C@H](NC(=O)c1ccc(Br)cc1OC)C(=O)OC. The number of ether oxygens (including phenoxy) is 3. The third kappa shape index (κ3) is 5.55. The number of rotatable bonds is 7. The molecule has 8 heteroatoms. The number of carbonyl (C=O) groups excluding carboxylic acids is 3. The first-order valence-electron chi connectivity index (χ1n) is 6.72. The van der Waals surface area contributed by atoms with Gasteiger partial charge in [-0.05, 0) is 24.6 Å². The predicted octanol–water partition coefficient (Wildman–Crippen LogP) is 1.68. The molecule has 126 valence electrons. The second-order valence-electron chi connectivity index (χ2n) is 4.51. The molecule has 0 aliphatic heterocycles. The Bertz CT molecular complexity index is 589. The minimum absolute atomic E-state index is 0.0198. The molecule has 1 N–H and O–H groups in total. The summed E-state index contributed by atoms with van der Waals surface area (Å²) in [7, 11) is 3.90. The maximum atomic E-state index is 12.4. The summed E-state index contributed by atoms with van der Waals surface area (Å²) in [6.45, 7) is 0. The first-order chi connectivity index (χ1) is 10.9. The van der Waals surface area contributed by atoms with Gasteiger partial charge in [0.1, 0.15) is 11.8 Å². The monoisotopic (exact) mass is 387 g/mol. The molecule has 0 unspecified atom stereocenters. The van der Waals surface area contributed by atoms with Gasteiger partial charge < -0.3 is 19.5 Å². The Balaban J connectivity index is 2.88. The van der Waals surface area contributed by atoms with E-state index in [1.165, 1.54) is 21.3 Å². The molecule has 0 aliphatic rings. The van der Waals surface area contributed by atoms with E-state index in [2.05, 4.69) is 30.7 Å². The average Bonchev–Trinajstić information content (AvgIpc) is 2.56. The van der Waals surface area contributed by atoms with E-state index in [1.807, 2.05) is 0 Å². The topological polar surface area (TPSA) is 90.9 Å². The number of benzene rings is 1. The lowest BCUT2D eigenvalue weighted by Crippen LogP contribution is -2.42. The van der Waals surface area contributed by atoms with Crippen LogP contribution in [0, 0.1) is 0 Å². The molecule has 23 heavy (non-hydrogen) atoms. The molecule has 1 amide bonds. The molecule has 0 radical (unpaired) electrons. The quantitative estimate of drug-likeness (QED) is 0.715.